The molecule has 0 unspecified atom stereocenters. The maximum atomic E-state index is 3.15. The summed E-state index contributed by atoms with van der Waals surface area (Å²) in [6.45, 7) is 19.3. The average molecular weight is 473 g/mol. The second-order valence-corrected chi connectivity index (χ2v) is 15.5. The van der Waals surface area contributed by atoms with E-state index in [1.54, 1.807) is 0 Å². The van der Waals surface area contributed by atoms with Gasteiger partial charge in [0.05, 0.1) is 0 Å². The van der Waals surface area contributed by atoms with Crippen LogP contribution in [0, 0.1) is 12.1 Å². The van der Waals surface area contributed by atoms with E-state index in [1.807, 2.05) is 48.5 Å². The summed E-state index contributed by atoms with van der Waals surface area (Å²) >= 11 is 0. The van der Waals surface area contributed by atoms with Crippen LogP contribution in [0.4, 0.5) is 0 Å². The summed E-state index contributed by atoms with van der Waals surface area (Å²) in [5.74, 6) is 0. The van der Waals surface area contributed by atoms with Gasteiger partial charge in [-0.1, -0.05) is 55.4 Å². The van der Waals surface area contributed by atoms with E-state index in [-0.39, 0.29) is 32.3 Å². The SMILES string of the molecule is CC(C)P(CCP(C(C)C)C(C)C)C(C)C.[Ni+2].[c-]1ccccc1-c1[c-]cccc1. The van der Waals surface area contributed by atoms with E-state index in [0.29, 0.717) is 0 Å². The third-order valence-corrected chi connectivity index (χ3v) is 12.1. The number of rotatable bonds is 8. The molecule has 0 N–H and O–H groups in total. The van der Waals surface area contributed by atoms with Crippen molar-refractivity contribution in [3.63, 3.8) is 0 Å². The number of hydrogen-bond donors (Lipinski definition) is 0. The van der Waals surface area contributed by atoms with Crippen molar-refractivity contribution in [2.45, 2.75) is 78.0 Å². The average Bonchev–Trinajstić information content (AvgIpc) is 2.66. The summed E-state index contributed by atoms with van der Waals surface area (Å²) in [6.07, 6.45) is 3.01. The van der Waals surface area contributed by atoms with Crippen molar-refractivity contribution in [2.75, 3.05) is 12.3 Å². The molecule has 0 bridgehead atoms. The Hall–Kier alpha value is -0.206. The van der Waals surface area contributed by atoms with Gasteiger partial charge in [0.2, 0.25) is 0 Å². The van der Waals surface area contributed by atoms with Crippen molar-refractivity contribution in [3.8, 4) is 11.1 Å². The van der Waals surface area contributed by atoms with Crippen molar-refractivity contribution < 1.29 is 16.5 Å². The van der Waals surface area contributed by atoms with Crippen molar-refractivity contribution in [1.29, 1.82) is 0 Å². The van der Waals surface area contributed by atoms with E-state index < -0.39 is 0 Å². The fourth-order valence-corrected chi connectivity index (χ4v) is 9.88. The maximum Gasteiger partial charge on any atom is 2.00 e. The molecule has 0 aliphatic carbocycles. The van der Waals surface area contributed by atoms with E-state index in [2.05, 4.69) is 67.5 Å². The fraction of sp³-hybridized carbons (Fsp3) is 0.538. The van der Waals surface area contributed by atoms with Crippen LogP contribution in [0.25, 0.3) is 11.1 Å². The molecule has 0 radical (unpaired) electrons. The summed E-state index contributed by atoms with van der Waals surface area (Å²) in [4.78, 5) is 0. The van der Waals surface area contributed by atoms with Crippen LogP contribution in [-0.4, -0.2) is 35.0 Å². The van der Waals surface area contributed by atoms with Crippen molar-refractivity contribution in [1.82, 2.24) is 0 Å². The second-order valence-electron chi connectivity index (χ2n) is 8.40. The van der Waals surface area contributed by atoms with Gasteiger partial charge in [0.15, 0.2) is 0 Å². The van der Waals surface area contributed by atoms with Crippen molar-refractivity contribution >= 4 is 15.8 Å². The van der Waals surface area contributed by atoms with Crippen molar-refractivity contribution in [2.24, 2.45) is 0 Å². The third-order valence-electron chi connectivity index (χ3n) is 4.98. The van der Waals surface area contributed by atoms with Crippen LogP contribution in [0.1, 0.15) is 55.4 Å². The Morgan fingerprint density at radius 1 is 0.586 bits per heavy atom. The molecule has 0 spiro atoms. The molecule has 29 heavy (non-hydrogen) atoms. The summed E-state index contributed by atoms with van der Waals surface area (Å²) in [5, 5.41) is 0. The van der Waals surface area contributed by atoms with E-state index in [4.69, 9.17) is 0 Å². The van der Waals surface area contributed by atoms with Crippen LogP contribution in [-0.2, 0) is 16.5 Å². The molecule has 2 aromatic rings. The molecule has 0 amide bonds. The van der Waals surface area contributed by atoms with Gasteiger partial charge in [-0.3, -0.25) is 0 Å². The first-order valence-corrected chi connectivity index (χ1v) is 14.0. The van der Waals surface area contributed by atoms with Gasteiger partial charge in [-0.15, -0.1) is 28.0 Å². The van der Waals surface area contributed by atoms with Gasteiger partial charge < -0.3 is 0 Å². The first-order chi connectivity index (χ1) is 13.2. The predicted octanol–water partition coefficient (Wildman–Crippen LogP) is 8.54. The molecule has 0 nitrogen and oxygen atoms in total. The third kappa shape index (κ3) is 11.1. The Morgan fingerprint density at radius 2 is 0.897 bits per heavy atom. The topological polar surface area (TPSA) is 0 Å². The molecule has 0 aliphatic heterocycles. The van der Waals surface area contributed by atoms with Crippen LogP contribution < -0.4 is 0 Å². The molecule has 0 heterocycles. The standard InChI is InChI=1S/C14H32P2.C12H8.Ni/c1-11(2)15(12(3)4)9-10-16(13(5)6)14(7)8;1-3-7-11(8-4-1)12-9-5-2-6-10-12;/h11-14H,9-10H2,1-8H3;1-7,9H;/q;-2;+2. The number of benzene rings is 2. The second kappa shape index (κ2) is 15.6. The Kier molecular flexibility index (Phi) is 15.5. The van der Waals surface area contributed by atoms with Crippen LogP contribution >= 0.6 is 15.8 Å². The largest absolute Gasteiger partial charge is 2.00 e. The maximum absolute atomic E-state index is 3.15. The van der Waals surface area contributed by atoms with Crippen LogP contribution in [0.2, 0.25) is 0 Å². The Bertz CT molecular complexity index is 550. The van der Waals surface area contributed by atoms with E-state index in [9.17, 15) is 0 Å². The quantitative estimate of drug-likeness (QED) is 0.205. The smallest absolute Gasteiger partial charge is 0.226 e. The van der Waals surface area contributed by atoms with Crippen LogP contribution in [0.3, 0.4) is 0 Å². The normalized spacial score (nSPS) is 11.2. The minimum Gasteiger partial charge on any atom is -0.226 e. The van der Waals surface area contributed by atoms with Crippen LogP contribution in [0.5, 0.6) is 0 Å². The predicted molar refractivity (Wildman–Crippen MR) is 134 cm³/mol. The van der Waals surface area contributed by atoms with Gasteiger partial charge >= 0.3 is 16.5 Å². The molecule has 0 saturated carbocycles. The Labute approximate surface area is 194 Å². The molecule has 0 aromatic heterocycles. The molecule has 0 atom stereocenters. The van der Waals surface area contributed by atoms with Gasteiger partial charge in [-0.25, -0.2) is 11.1 Å². The summed E-state index contributed by atoms with van der Waals surface area (Å²) in [6, 6.07) is 22.1. The van der Waals surface area contributed by atoms with Gasteiger partial charge in [-0.2, -0.15) is 48.5 Å². The van der Waals surface area contributed by atoms with Gasteiger partial charge in [-0.05, 0) is 35.0 Å². The molecular weight excluding hydrogens is 433 g/mol. The van der Waals surface area contributed by atoms with E-state index in [1.165, 1.54) is 12.3 Å². The van der Waals surface area contributed by atoms with Gasteiger partial charge in [0.25, 0.3) is 0 Å². The van der Waals surface area contributed by atoms with Gasteiger partial charge in [0.1, 0.15) is 0 Å². The zero-order valence-electron chi connectivity index (χ0n) is 19.6. The molecule has 2 aromatic carbocycles. The summed E-state index contributed by atoms with van der Waals surface area (Å²) in [5.41, 5.74) is 5.82. The first-order valence-electron chi connectivity index (χ1n) is 10.7. The fourth-order valence-electron chi connectivity index (χ4n) is 3.58. The monoisotopic (exact) mass is 472 g/mol. The Morgan fingerprint density at radius 3 is 1.10 bits per heavy atom. The summed E-state index contributed by atoms with van der Waals surface area (Å²) in [7, 11) is 0.511. The first kappa shape index (κ1) is 28.8. The molecular formula is C26H40NiP2. The minimum atomic E-state index is 0. The van der Waals surface area contributed by atoms with Crippen molar-refractivity contribution in [3.05, 3.63) is 60.7 Å². The molecule has 164 valence electrons. The zero-order chi connectivity index (χ0) is 21.1. The zero-order valence-corrected chi connectivity index (χ0v) is 22.3. The number of hydrogen-bond acceptors (Lipinski definition) is 0. The molecule has 3 heteroatoms. The van der Waals surface area contributed by atoms with Gasteiger partial charge in [0, 0.05) is 0 Å². The van der Waals surface area contributed by atoms with E-state index in [0.717, 1.165) is 33.8 Å². The molecule has 0 aliphatic rings. The Balaban J connectivity index is 0.000000537. The molecule has 0 saturated heterocycles. The minimum absolute atomic E-state index is 0. The summed E-state index contributed by atoms with van der Waals surface area (Å²) < 4.78 is 0. The van der Waals surface area contributed by atoms with Crippen LogP contribution in [0.15, 0.2) is 48.5 Å². The molecule has 2 rings (SSSR count). The molecule has 0 fully saturated rings. The van der Waals surface area contributed by atoms with E-state index >= 15 is 0 Å².